The second-order valence-electron chi connectivity index (χ2n) is 4.10. The van der Waals surface area contributed by atoms with Crippen LogP contribution >= 0.6 is 11.6 Å². The SMILES string of the molecule is CC(C)CNC1=CC(Cl)=CCC1C. The molecule has 13 heavy (non-hydrogen) atoms. The molecule has 1 aliphatic rings. The van der Waals surface area contributed by atoms with Gasteiger partial charge in [-0.15, -0.1) is 0 Å². The molecule has 0 bridgehead atoms. The van der Waals surface area contributed by atoms with Gasteiger partial charge in [-0.05, 0) is 24.3 Å². The van der Waals surface area contributed by atoms with Crippen LogP contribution in [0.25, 0.3) is 0 Å². The number of hydrogen-bond acceptors (Lipinski definition) is 1. The Hall–Kier alpha value is -0.430. The first-order valence-electron chi connectivity index (χ1n) is 4.90. The quantitative estimate of drug-likeness (QED) is 0.736. The normalized spacial score (nSPS) is 22.7. The molecule has 0 aliphatic heterocycles. The summed E-state index contributed by atoms with van der Waals surface area (Å²) in [6, 6.07) is 0. The summed E-state index contributed by atoms with van der Waals surface area (Å²) in [4.78, 5) is 0. The van der Waals surface area contributed by atoms with E-state index in [1.807, 2.05) is 6.08 Å². The van der Waals surface area contributed by atoms with Crippen LogP contribution in [0, 0.1) is 11.8 Å². The Kier molecular flexibility index (Phi) is 3.86. The molecule has 0 saturated heterocycles. The molecule has 1 unspecified atom stereocenters. The van der Waals surface area contributed by atoms with Gasteiger partial charge in [0.15, 0.2) is 0 Å². The van der Waals surface area contributed by atoms with Crippen molar-refractivity contribution >= 4 is 11.6 Å². The predicted octanol–water partition coefficient (Wildman–Crippen LogP) is 3.28. The Morgan fingerprint density at radius 3 is 2.92 bits per heavy atom. The van der Waals surface area contributed by atoms with E-state index >= 15 is 0 Å². The molecule has 0 aromatic rings. The second-order valence-corrected chi connectivity index (χ2v) is 4.54. The lowest BCUT2D eigenvalue weighted by molar-refractivity contribution is 0.540. The highest BCUT2D eigenvalue weighted by Gasteiger charge is 2.12. The van der Waals surface area contributed by atoms with Gasteiger partial charge in [0.05, 0.1) is 0 Å². The van der Waals surface area contributed by atoms with Crippen molar-refractivity contribution in [2.24, 2.45) is 11.8 Å². The lowest BCUT2D eigenvalue weighted by atomic mass is 9.98. The molecule has 1 atom stereocenters. The molecular formula is C11H18ClN. The zero-order chi connectivity index (χ0) is 9.84. The van der Waals surface area contributed by atoms with E-state index in [-0.39, 0.29) is 0 Å². The monoisotopic (exact) mass is 199 g/mol. The van der Waals surface area contributed by atoms with E-state index in [0.717, 1.165) is 18.0 Å². The van der Waals surface area contributed by atoms with Crippen LogP contribution in [0.4, 0.5) is 0 Å². The predicted molar refractivity (Wildman–Crippen MR) is 58.6 cm³/mol. The summed E-state index contributed by atoms with van der Waals surface area (Å²) < 4.78 is 0. The fourth-order valence-corrected chi connectivity index (χ4v) is 1.52. The Balaban J connectivity index is 2.51. The van der Waals surface area contributed by atoms with Crippen molar-refractivity contribution in [3.63, 3.8) is 0 Å². The van der Waals surface area contributed by atoms with Crippen LogP contribution in [0.5, 0.6) is 0 Å². The molecule has 0 aromatic heterocycles. The van der Waals surface area contributed by atoms with Crippen LogP contribution in [0.2, 0.25) is 0 Å². The van der Waals surface area contributed by atoms with Crippen LogP contribution in [-0.4, -0.2) is 6.54 Å². The minimum atomic E-state index is 0.584. The number of nitrogens with one attached hydrogen (secondary N) is 1. The van der Waals surface area contributed by atoms with Gasteiger partial charge in [0.25, 0.3) is 0 Å². The number of allylic oxidation sites excluding steroid dienone is 4. The first-order valence-corrected chi connectivity index (χ1v) is 5.28. The highest BCUT2D eigenvalue weighted by Crippen LogP contribution is 2.23. The van der Waals surface area contributed by atoms with E-state index in [4.69, 9.17) is 11.6 Å². The average molecular weight is 200 g/mol. The minimum absolute atomic E-state index is 0.584. The summed E-state index contributed by atoms with van der Waals surface area (Å²) in [6.45, 7) is 7.66. The first-order chi connectivity index (χ1) is 6.09. The van der Waals surface area contributed by atoms with E-state index < -0.39 is 0 Å². The van der Waals surface area contributed by atoms with E-state index in [0.29, 0.717) is 11.8 Å². The topological polar surface area (TPSA) is 12.0 Å². The maximum atomic E-state index is 5.94. The Labute approximate surface area is 85.9 Å². The third-order valence-corrected chi connectivity index (χ3v) is 2.47. The molecular weight excluding hydrogens is 182 g/mol. The highest BCUT2D eigenvalue weighted by atomic mass is 35.5. The van der Waals surface area contributed by atoms with Gasteiger partial charge in [0.2, 0.25) is 0 Å². The Bertz CT molecular complexity index is 228. The minimum Gasteiger partial charge on any atom is -0.388 e. The maximum Gasteiger partial charge on any atom is 0.0383 e. The molecule has 0 heterocycles. The molecule has 0 saturated carbocycles. The van der Waals surface area contributed by atoms with E-state index in [1.165, 1.54) is 5.70 Å². The number of halogens is 1. The smallest absolute Gasteiger partial charge is 0.0383 e. The lowest BCUT2D eigenvalue weighted by Crippen LogP contribution is -2.24. The summed E-state index contributed by atoms with van der Waals surface area (Å²) in [7, 11) is 0. The molecule has 74 valence electrons. The standard InChI is InChI=1S/C11H18ClN/c1-8(2)7-13-11-6-10(12)5-4-9(11)3/h5-6,8-9,13H,4,7H2,1-3H3. The van der Waals surface area contributed by atoms with Gasteiger partial charge >= 0.3 is 0 Å². The Morgan fingerprint density at radius 1 is 1.62 bits per heavy atom. The third-order valence-electron chi connectivity index (χ3n) is 2.21. The van der Waals surface area contributed by atoms with Gasteiger partial charge in [-0.3, -0.25) is 0 Å². The van der Waals surface area contributed by atoms with E-state index in [9.17, 15) is 0 Å². The van der Waals surface area contributed by atoms with Crippen molar-refractivity contribution in [2.45, 2.75) is 27.2 Å². The number of hydrogen-bond donors (Lipinski definition) is 1. The zero-order valence-electron chi connectivity index (χ0n) is 8.60. The summed E-state index contributed by atoms with van der Waals surface area (Å²) >= 11 is 5.94. The van der Waals surface area contributed by atoms with Crippen molar-refractivity contribution in [3.05, 3.63) is 22.9 Å². The van der Waals surface area contributed by atoms with Gasteiger partial charge in [0.1, 0.15) is 0 Å². The van der Waals surface area contributed by atoms with Crippen LogP contribution < -0.4 is 5.32 Å². The van der Waals surface area contributed by atoms with Gasteiger partial charge in [0, 0.05) is 17.3 Å². The van der Waals surface area contributed by atoms with Gasteiger partial charge < -0.3 is 5.32 Å². The average Bonchev–Trinajstić information content (AvgIpc) is 2.06. The van der Waals surface area contributed by atoms with Crippen molar-refractivity contribution in [1.82, 2.24) is 5.32 Å². The van der Waals surface area contributed by atoms with Crippen molar-refractivity contribution in [1.29, 1.82) is 0 Å². The van der Waals surface area contributed by atoms with E-state index in [1.54, 1.807) is 0 Å². The second kappa shape index (κ2) is 4.71. The lowest BCUT2D eigenvalue weighted by Gasteiger charge is -2.21. The van der Waals surface area contributed by atoms with Crippen molar-refractivity contribution in [3.8, 4) is 0 Å². The molecule has 0 fully saturated rings. The summed E-state index contributed by atoms with van der Waals surface area (Å²) in [5.41, 5.74) is 1.28. The molecule has 0 aromatic carbocycles. The van der Waals surface area contributed by atoms with Gasteiger partial charge in [-0.2, -0.15) is 0 Å². The molecule has 1 aliphatic carbocycles. The summed E-state index contributed by atoms with van der Waals surface area (Å²) in [5.74, 6) is 1.26. The molecule has 0 spiro atoms. The molecule has 1 N–H and O–H groups in total. The fourth-order valence-electron chi connectivity index (χ4n) is 1.31. The molecule has 2 heteroatoms. The number of rotatable bonds is 3. The van der Waals surface area contributed by atoms with Crippen molar-refractivity contribution in [2.75, 3.05) is 6.54 Å². The zero-order valence-corrected chi connectivity index (χ0v) is 9.36. The molecule has 1 rings (SSSR count). The molecule has 1 nitrogen and oxygen atoms in total. The maximum absolute atomic E-state index is 5.94. The Morgan fingerprint density at radius 2 is 2.31 bits per heavy atom. The fraction of sp³-hybridized carbons (Fsp3) is 0.636. The third kappa shape index (κ3) is 3.43. The van der Waals surface area contributed by atoms with Gasteiger partial charge in [-0.25, -0.2) is 0 Å². The van der Waals surface area contributed by atoms with Gasteiger partial charge in [-0.1, -0.05) is 38.4 Å². The highest BCUT2D eigenvalue weighted by molar-refractivity contribution is 6.31. The van der Waals surface area contributed by atoms with Crippen LogP contribution in [0.1, 0.15) is 27.2 Å². The molecule has 0 radical (unpaired) electrons. The molecule has 0 amide bonds. The van der Waals surface area contributed by atoms with E-state index in [2.05, 4.69) is 32.2 Å². The first kappa shape index (κ1) is 10.6. The summed E-state index contributed by atoms with van der Waals surface area (Å²) in [5, 5.41) is 4.30. The van der Waals surface area contributed by atoms with Crippen LogP contribution in [-0.2, 0) is 0 Å². The summed E-state index contributed by atoms with van der Waals surface area (Å²) in [6.07, 6.45) is 5.17. The van der Waals surface area contributed by atoms with Crippen LogP contribution in [0.3, 0.4) is 0 Å². The van der Waals surface area contributed by atoms with Crippen molar-refractivity contribution < 1.29 is 0 Å². The largest absolute Gasteiger partial charge is 0.388 e. The van der Waals surface area contributed by atoms with Crippen LogP contribution in [0.15, 0.2) is 22.9 Å².